The van der Waals surface area contributed by atoms with Crippen LogP contribution in [0.5, 0.6) is 0 Å². The molecule has 8 heavy (non-hydrogen) atoms. The molecular formula is C4H10N2O2. The topological polar surface area (TPSA) is 55.7 Å². The Morgan fingerprint density at radius 1 is 1.62 bits per heavy atom. The molecule has 2 atom stereocenters. The van der Waals surface area contributed by atoms with Gasteiger partial charge in [0.1, 0.15) is 12.5 Å². The van der Waals surface area contributed by atoms with Crippen LogP contribution in [-0.4, -0.2) is 41.3 Å². The van der Waals surface area contributed by atoms with E-state index in [-0.39, 0.29) is 0 Å². The molecule has 0 aromatic rings. The van der Waals surface area contributed by atoms with E-state index in [0.717, 1.165) is 0 Å². The molecule has 0 saturated carbocycles. The van der Waals surface area contributed by atoms with E-state index in [1.54, 1.807) is 11.9 Å². The van der Waals surface area contributed by atoms with Gasteiger partial charge in [0.2, 0.25) is 0 Å². The van der Waals surface area contributed by atoms with Crippen molar-refractivity contribution in [2.45, 2.75) is 12.5 Å². The second-order valence-electron chi connectivity index (χ2n) is 1.98. The highest BCUT2D eigenvalue weighted by Gasteiger charge is 2.26. The third-order valence-electron chi connectivity index (χ3n) is 1.28. The third kappa shape index (κ3) is 0.830. The van der Waals surface area contributed by atoms with Crippen molar-refractivity contribution in [2.24, 2.45) is 0 Å². The van der Waals surface area contributed by atoms with E-state index < -0.39 is 12.5 Å². The fourth-order valence-electron chi connectivity index (χ4n) is 0.678. The summed E-state index contributed by atoms with van der Waals surface area (Å²) in [5.41, 5.74) is 0. The summed E-state index contributed by atoms with van der Waals surface area (Å²) in [6, 6.07) is 0. The monoisotopic (exact) mass is 118 g/mol. The molecule has 0 aromatic carbocycles. The molecular weight excluding hydrogens is 108 g/mol. The Kier molecular flexibility index (Phi) is 1.48. The van der Waals surface area contributed by atoms with Gasteiger partial charge in [-0.1, -0.05) is 0 Å². The lowest BCUT2D eigenvalue weighted by Crippen LogP contribution is -2.33. The average Bonchev–Trinajstić information content (AvgIpc) is 1.98. The maximum Gasteiger partial charge on any atom is 0.147 e. The second-order valence-corrected chi connectivity index (χ2v) is 1.98. The van der Waals surface area contributed by atoms with E-state index in [1.807, 2.05) is 0 Å². The molecule has 0 aliphatic carbocycles. The number of likely N-dealkylation sites (N-methyl/N-ethyl adjacent to an activating group) is 1. The van der Waals surface area contributed by atoms with Crippen LogP contribution in [0.15, 0.2) is 0 Å². The van der Waals surface area contributed by atoms with Crippen LogP contribution in [0, 0.1) is 0 Å². The van der Waals surface area contributed by atoms with Crippen LogP contribution in [0.1, 0.15) is 0 Å². The number of hydrogen-bond donors (Lipinski definition) is 3. The van der Waals surface area contributed by atoms with Crippen LogP contribution < -0.4 is 5.32 Å². The van der Waals surface area contributed by atoms with Crippen LogP contribution in [0.2, 0.25) is 0 Å². The highest BCUT2D eigenvalue weighted by molar-refractivity contribution is 4.70. The maximum absolute atomic E-state index is 8.88. The average molecular weight is 118 g/mol. The summed E-state index contributed by atoms with van der Waals surface area (Å²) in [7, 11) is 1.73. The van der Waals surface area contributed by atoms with Crippen molar-refractivity contribution in [2.75, 3.05) is 13.7 Å². The van der Waals surface area contributed by atoms with Crippen LogP contribution in [0.3, 0.4) is 0 Å². The Labute approximate surface area is 47.7 Å². The first-order chi connectivity index (χ1) is 3.72. The summed E-state index contributed by atoms with van der Waals surface area (Å²) in [5, 5.41) is 20.3. The standard InChI is InChI=1S/C4H10N2O2/c1-6-2-5-3(7)4(6)8/h3-5,7-8H,2H2,1H3. The minimum Gasteiger partial charge on any atom is -0.374 e. The van der Waals surface area contributed by atoms with Gasteiger partial charge in [-0.2, -0.15) is 0 Å². The number of nitrogens with one attached hydrogen (secondary N) is 1. The van der Waals surface area contributed by atoms with Crippen molar-refractivity contribution < 1.29 is 10.2 Å². The summed E-state index contributed by atoms with van der Waals surface area (Å²) < 4.78 is 0. The molecule has 0 aromatic heterocycles. The maximum atomic E-state index is 8.88. The van der Waals surface area contributed by atoms with Crippen molar-refractivity contribution in [3.05, 3.63) is 0 Å². The molecule has 2 unspecified atom stereocenters. The molecule has 1 aliphatic rings. The van der Waals surface area contributed by atoms with Gasteiger partial charge in [-0.05, 0) is 7.05 Å². The van der Waals surface area contributed by atoms with Crippen molar-refractivity contribution >= 4 is 0 Å². The lowest BCUT2D eigenvalue weighted by atomic mass is 10.5. The normalized spacial score (nSPS) is 40.9. The molecule has 1 rings (SSSR count). The molecule has 1 saturated heterocycles. The van der Waals surface area contributed by atoms with Gasteiger partial charge < -0.3 is 10.2 Å². The Morgan fingerprint density at radius 3 is 2.38 bits per heavy atom. The van der Waals surface area contributed by atoms with Gasteiger partial charge in [0.25, 0.3) is 0 Å². The zero-order chi connectivity index (χ0) is 6.15. The third-order valence-corrected chi connectivity index (χ3v) is 1.28. The van der Waals surface area contributed by atoms with Crippen molar-refractivity contribution in [1.29, 1.82) is 0 Å². The first-order valence-electron chi connectivity index (χ1n) is 2.51. The molecule has 4 heteroatoms. The zero-order valence-corrected chi connectivity index (χ0v) is 4.70. The van der Waals surface area contributed by atoms with E-state index in [9.17, 15) is 0 Å². The summed E-state index contributed by atoms with van der Waals surface area (Å²) in [6.07, 6.45) is -1.52. The van der Waals surface area contributed by atoms with Crippen molar-refractivity contribution in [3.8, 4) is 0 Å². The SMILES string of the molecule is CN1CNC(O)C1O. The Hall–Kier alpha value is -0.160. The molecule has 1 heterocycles. The van der Waals surface area contributed by atoms with Crippen molar-refractivity contribution in [1.82, 2.24) is 10.2 Å². The van der Waals surface area contributed by atoms with E-state index >= 15 is 0 Å². The molecule has 0 radical (unpaired) electrons. The summed E-state index contributed by atoms with van der Waals surface area (Å²) in [4.78, 5) is 1.62. The lowest BCUT2D eigenvalue weighted by Gasteiger charge is -2.12. The van der Waals surface area contributed by atoms with Gasteiger partial charge in [-0.25, -0.2) is 0 Å². The summed E-state index contributed by atoms with van der Waals surface area (Å²) in [5.74, 6) is 0. The number of rotatable bonds is 0. The van der Waals surface area contributed by atoms with E-state index in [1.165, 1.54) is 0 Å². The van der Waals surface area contributed by atoms with Gasteiger partial charge in [-0.15, -0.1) is 0 Å². The quantitative estimate of drug-likeness (QED) is 0.348. The smallest absolute Gasteiger partial charge is 0.147 e. The fourth-order valence-corrected chi connectivity index (χ4v) is 0.678. The largest absolute Gasteiger partial charge is 0.374 e. The number of hydrogen-bond acceptors (Lipinski definition) is 4. The van der Waals surface area contributed by atoms with E-state index in [2.05, 4.69) is 5.32 Å². The second kappa shape index (κ2) is 1.99. The molecule has 48 valence electrons. The Bertz CT molecular complexity index is 78.1. The predicted octanol–water partition coefficient (Wildman–Crippen LogP) is -1.88. The molecule has 0 bridgehead atoms. The van der Waals surface area contributed by atoms with Gasteiger partial charge >= 0.3 is 0 Å². The highest BCUT2D eigenvalue weighted by atomic mass is 16.4. The lowest BCUT2D eigenvalue weighted by molar-refractivity contribution is -0.0292. The van der Waals surface area contributed by atoms with Crippen LogP contribution in [0.4, 0.5) is 0 Å². The number of aliphatic hydroxyl groups excluding tert-OH is 2. The van der Waals surface area contributed by atoms with E-state index in [0.29, 0.717) is 6.67 Å². The molecule has 1 fully saturated rings. The van der Waals surface area contributed by atoms with Gasteiger partial charge in [-0.3, -0.25) is 10.2 Å². The predicted molar refractivity (Wildman–Crippen MR) is 27.8 cm³/mol. The van der Waals surface area contributed by atoms with Crippen LogP contribution in [-0.2, 0) is 0 Å². The van der Waals surface area contributed by atoms with E-state index in [4.69, 9.17) is 10.2 Å². The number of nitrogens with zero attached hydrogens (tertiary/aromatic N) is 1. The molecule has 0 spiro atoms. The van der Waals surface area contributed by atoms with Crippen LogP contribution in [0.25, 0.3) is 0 Å². The molecule has 4 nitrogen and oxygen atoms in total. The summed E-state index contributed by atoms with van der Waals surface area (Å²) >= 11 is 0. The van der Waals surface area contributed by atoms with Crippen molar-refractivity contribution in [3.63, 3.8) is 0 Å². The van der Waals surface area contributed by atoms with Gasteiger partial charge in [0, 0.05) is 0 Å². The fraction of sp³-hybridized carbons (Fsp3) is 1.00. The Morgan fingerprint density at radius 2 is 2.25 bits per heavy atom. The first kappa shape index (κ1) is 5.97. The molecule has 1 aliphatic heterocycles. The van der Waals surface area contributed by atoms with Gasteiger partial charge in [0.15, 0.2) is 0 Å². The zero-order valence-electron chi connectivity index (χ0n) is 4.70. The minimum absolute atomic E-state index is 0.544. The van der Waals surface area contributed by atoms with Gasteiger partial charge in [0.05, 0.1) is 6.67 Å². The highest BCUT2D eigenvalue weighted by Crippen LogP contribution is 2.01. The first-order valence-corrected chi connectivity index (χ1v) is 2.51. The molecule has 3 N–H and O–H groups in total. The Balaban J connectivity index is 2.44. The number of aliphatic hydroxyl groups is 2. The minimum atomic E-state index is -0.778. The summed E-state index contributed by atoms with van der Waals surface area (Å²) in [6.45, 7) is 0.544. The molecule has 0 amide bonds. The van der Waals surface area contributed by atoms with Crippen LogP contribution >= 0.6 is 0 Å².